The fraction of sp³-hybridized carbons (Fsp3) is 0.471. The van der Waals surface area contributed by atoms with Gasteiger partial charge in [-0.05, 0) is 32.4 Å². The molecule has 21 heavy (non-hydrogen) atoms. The molecule has 4 heteroatoms. The molecule has 1 aromatic heterocycles. The lowest BCUT2D eigenvalue weighted by molar-refractivity contribution is 0.392. The molecule has 1 aromatic carbocycles. The van der Waals surface area contributed by atoms with Gasteiger partial charge in [-0.25, -0.2) is 0 Å². The Morgan fingerprint density at radius 1 is 1.24 bits per heavy atom. The van der Waals surface area contributed by atoms with E-state index in [0.717, 1.165) is 31.7 Å². The molecule has 1 N–H and O–H groups in total. The van der Waals surface area contributed by atoms with Crippen molar-refractivity contribution in [1.29, 1.82) is 0 Å². The highest BCUT2D eigenvalue weighted by molar-refractivity contribution is 5.50. The van der Waals surface area contributed by atoms with Gasteiger partial charge in [-0.3, -0.25) is 4.68 Å². The third-order valence-corrected chi connectivity index (χ3v) is 4.37. The molecule has 0 saturated carbocycles. The lowest BCUT2D eigenvalue weighted by Gasteiger charge is -2.35. The van der Waals surface area contributed by atoms with Gasteiger partial charge in [0.1, 0.15) is 0 Å². The highest BCUT2D eigenvalue weighted by Crippen LogP contribution is 2.28. The Hall–Kier alpha value is -1.81. The van der Waals surface area contributed by atoms with E-state index in [4.69, 9.17) is 0 Å². The summed E-state index contributed by atoms with van der Waals surface area (Å²) in [5.41, 5.74) is 3.68. The van der Waals surface area contributed by atoms with Gasteiger partial charge in [-0.1, -0.05) is 30.3 Å². The molecule has 0 aliphatic carbocycles. The van der Waals surface area contributed by atoms with Crippen LogP contribution >= 0.6 is 0 Å². The van der Waals surface area contributed by atoms with Gasteiger partial charge in [0.15, 0.2) is 0 Å². The Morgan fingerprint density at radius 3 is 2.67 bits per heavy atom. The molecular weight excluding hydrogens is 260 g/mol. The summed E-state index contributed by atoms with van der Waals surface area (Å²) >= 11 is 0. The van der Waals surface area contributed by atoms with Gasteiger partial charge in [0.25, 0.3) is 0 Å². The summed E-state index contributed by atoms with van der Waals surface area (Å²) in [5.74, 6) is 0. The van der Waals surface area contributed by atoms with Gasteiger partial charge in [0, 0.05) is 26.3 Å². The lowest BCUT2D eigenvalue weighted by Crippen LogP contribution is -2.46. The van der Waals surface area contributed by atoms with Crippen molar-refractivity contribution in [3.05, 3.63) is 47.8 Å². The average molecular weight is 284 g/mol. The first-order chi connectivity index (χ1) is 10.1. The zero-order valence-electron chi connectivity index (χ0n) is 13.1. The van der Waals surface area contributed by atoms with Gasteiger partial charge in [-0.15, -0.1) is 0 Å². The van der Waals surface area contributed by atoms with Crippen LogP contribution in [-0.4, -0.2) is 29.4 Å². The monoisotopic (exact) mass is 284 g/mol. The Balaban J connectivity index is 1.92. The largest absolute Gasteiger partial charge is 0.367 e. The third-order valence-electron chi connectivity index (χ3n) is 4.37. The minimum Gasteiger partial charge on any atom is -0.367 e. The van der Waals surface area contributed by atoms with Crippen LogP contribution in [0, 0.1) is 6.92 Å². The molecule has 0 amide bonds. The summed E-state index contributed by atoms with van der Waals surface area (Å²) in [7, 11) is 1.99. The molecule has 1 aliphatic rings. The van der Waals surface area contributed by atoms with Crippen molar-refractivity contribution >= 4 is 5.69 Å². The first-order valence-electron chi connectivity index (χ1n) is 7.64. The summed E-state index contributed by atoms with van der Waals surface area (Å²) in [6.07, 6.45) is 3.28. The molecule has 1 saturated heterocycles. The SMILES string of the molecule is Cc1nn(C)cc1N1CCCNC(C)(c2ccccc2)C1. The normalized spacial score (nSPS) is 23.1. The van der Waals surface area contributed by atoms with Crippen LogP contribution in [0.2, 0.25) is 0 Å². The van der Waals surface area contributed by atoms with Crippen LogP contribution in [0.25, 0.3) is 0 Å². The van der Waals surface area contributed by atoms with E-state index in [1.807, 2.05) is 11.7 Å². The molecule has 1 fully saturated rings. The topological polar surface area (TPSA) is 33.1 Å². The van der Waals surface area contributed by atoms with Crippen molar-refractivity contribution < 1.29 is 0 Å². The van der Waals surface area contributed by atoms with Crippen LogP contribution in [0.4, 0.5) is 5.69 Å². The van der Waals surface area contributed by atoms with E-state index in [1.165, 1.54) is 11.3 Å². The summed E-state index contributed by atoms with van der Waals surface area (Å²) in [5, 5.41) is 8.22. The molecule has 3 rings (SSSR count). The van der Waals surface area contributed by atoms with Crippen LogP contribution in [0.5, 0.6) is 0 Å². The minimum absolute atomic E-state index is 0.0277. The molecule has 4 nitrogen and oxygen atoms in total. The summed E-state index contributed by atoms with van der Waals surface area (Å²) < 4.78 is 1.91. The van der Waals surface area contributed by atoms with Crippen molar-refractivity contribution in [3.63, 3.8) is 0 Å². The standard InChI is InChI=1S/C17H24N4/c1-14-16(12-20(3)19-14)21-11-7-10-18-17(2,13-21)15-8-5-4-6-9-15/h4-6,8-9,12,18H,7,10-11,13H2,1-3H3. The Kier molecular flexibility index (Phi) is 3.72. The van der Waals surface area contributed by atoms with Gasteiger partial charge in [-0.2, -0.15) is 5.10 Å². The number of nitrogens with zero attached hydrogens (tertiary/aromatic N) is 3. The molecule has 112 valence electrons. The second-order valence-corrected chi connectivity index (χ2v) is 6.17. The quantitative estimate of drug-likeness (QED) is 0.919. The molecule has 0 radical (unpaired) electrons. The Labute approximate surface area is 126 Å². The van der Waals surface area contributed by atoms with Gasteiger partial charge < -0.3 is 10.2 Å². The molecular formula is C17H24N4. The predicted octanol–water partition coefficient (Wildman–Crippen LogP) is 2.44. The van der Waals surface area contributed by atoms with Crippen LogP contribution in [0.3, 0.4) is 0 Å². The van der Waals surface area contributed by atoms with E-state index in [0.29, 0.717) is 0 Å². The number of nitrogens with one attached hydrogen (secondary N) is 1. The minimum atomic E-state index is -0.0277. The summed E-state index contributed by atoms with van der Waals surface area (Å²) in [6, 6.07) is 10.7. The molecule has 0 spiro atoms. The molecule has 2 heterocycles. The zero-order valence-corrected chi connectivity index (χ0v) is 13.1. The highest BCUT2D eigenvalue weighted by atomic mass is 15.3. The number of hydrogen-bond acceptors (Lipinski definition) is 3. The Bertz CT molecular complexity index is 605. The van der Waals surface area contributed by atoms with E-state index >= 15 is 0 Å². The number of rotatable bonds is 2. The summed E-state index contributed by atoms with van der Waals surface area (Å²) in [4.78, 5) is 2.47. The van der Waals surface area contributed by atoms with Crippen molar-refractivity contribution in [2.75, 3.05) is 24.5 Å². The molecule has 0 bridgehead atoms. The van der Waals surface area contributed by atoms with E-state index < -0.39 is 0 Å². The van der Waals surface area contributed by atoms with Gasteiger partial charge in [0.2, 0.25) is 0 Å². The zero-order chi connectivity index (χ0) is 14.9. The highest BCUT2D eigenvalue weighted by Gasteiger charge is 2.31. The van der Waals surface area contributed by atoms with Crippen molar-refractivity contribution in [1.82, 2.24) is 15.1 Å². The fourth-order valence-corrected chi connectivity index (χ4v) is 3.25. The van der Waals surface area contributed by atoms with Crippen LogP contribution < -0.4 is 10.2 Å². The van der Waals surface area contributed by atoms with Crippen molar-refractivity contribution in [2.45, 2.75) is 25.8 Å². The van der Waals surface area contributed by atoms with Gasteiger partial charge >= 0.3 is 0 Å². The maximum absolute atomic E-state index is 4.49. The fourth-order valence-electron chi connectivity index (χ4n) is 3.25. The molecule has 1 unspecified atom stereocenters. The van der Waals surface area contributed by atoms with E-state index in [2.05, 4.69) is 65.7 Å². The Morgan fingerprint density at radius 2 is 2.00 bits per heavy atom. The van der Waals surface area contributed by atoms with E-state index in [9.17, 15) is 0 Å². The third kappa shape index (κ3) is 2.81. The van der Waals surface area contributed by atoms with Crippen molar-refractivity contribution in [3.8, 4) is 0 Å². The molecule has 1 aliphatic heterocycles. The van der Waals surface area contributed by atoms with Crippen LogP contribution in [0.15, 0.2) is 36.5 Å². The molecule has 1 atom stereocenters. The lowest BCUT2D eigenvalue weighted by atomic mass is 9.91. The van der Waals surface area contributed by atoms with Gasteiger partial charge in [0.05, 0.1) is 16.9 Å². The maximum Gasteiger partial charge on any atom is 0.0827 e. The maximum atomic E-state index is 4.49. The van der Waals surface area contributed by atoms with Crippen LogP contribution in [0.1, 0.15) is 24.6 Å². The van der Waals surface area contributed by atoms with Crippen LogP contribution in [-0.2, 0) is 12.6 Å². The first kappa shape index (κ1) is 14.1. The second-order valence-electron chi connectivity index (χ2n) is 6.17. The number of anilines is 1. The summed E-state index contributed by atoms with van der Waals surface area (Å²) in [6.45, 7) is 7.46. The second kappa shape index (κ2) is 5.53. The predicted molar refractivity (Wildman–Crippen MR) is 86.6 cm³/mol. The number of hydrogen-bond donors (Lipinski definition) is 1. The number of benzene rings is 1. The van der Waals surface area contributed by atoms with E-state index in [-0.39, 0.29) is 5.54 Å². The molecule has 2 aromatic rings. The van der Waals surface area contributed by atoms with E-state index in [1.54, 1.807) is 0 Å². The number of aromatic nitrogens is 2. The van der Waals surface area contributed by atoms with Crippen molar-refractivity contribution in [2.24, 2.45) is 7.05 Å². The smallest absolute Gasteiger partial charge is 0.0827 e. The number of aryl methyl sites for hydroxylation is 2. The first-order valence-corrected chi connectivity index (χ1v) is 7.64. The average Bonchev–Trinajstić information content (AvgIpc) is 2.70.